The maximum absolute atomic E-state index is 11.7. The zero-order chi connectivity index (χ0) is 10.4. The van der Waals surface area contributed by atoms with Crippen LogP contribution in [0.25, 0.3) is 0 Å². The Balaban J connectivity index is 2.28. The maximum Gasteiger partial charge on any atom is 0.320 e. The molecule has 2 amide bonds. The van der Waals surface area contributed by atoms with Crippen LogP contribution in [0.4, 0.5) is 4.79 Å². The molecule has 0 bridgehead atoms. The Morgan fingerprint density at radius 1 is 1.00 bits per heavy atom. The van der Waals surface area contributed by atoms with E-state index < -0.39 is 0 Å². The number of rotatable bonds is 6. The van der Waals surface area contributed by atoms with Crippen molar-refractivity contribution >= 4 is 6.03 Å². The molecule has 0 aromatic carbocycles. The Kier molecular flexibility index (Phi) is 4.69. The molecule has 0 aliphatic carbocycles. The highest BCUT2D eigenvalue weighted by Crippen LogP contribution is 2.08. The summed E-state index contributed by atoms with van der Waals surface area (Å²) in [6, 6.07) is 0.145. The number of carbonyl (C=O) groups is 1. The van der Waals surface area contributed by atoms with Gasteiger partial charge in [-0.1, -0.05) is 0 Å². The largest absolute Gasteiger partial charge is 0.330 e. The first-order valence-corrected chi connectivity index (χ1v) is 5.23. The minimum absolute atomic E-state index is 0.145. The molecule has 5 heteroatoms. The predicted octanol–water partition coefficient (Wildman–Crippen LogP) is -0.578. The van der Waals surface area contributed by atoms with Gasteiger partial charge in [0.05, 0.1) is 0 Å². The van der Waals surface area contributed by atoms with Crippen LogP contribution in [0.2, 0.25) is 0 Å². The van der Waals surface area contributed by atoms with E-state index in [9.17, 15) is 4.79 Å². The number of amides is 2. The van der Waals surface area contributed by atoms with Gasteiger partial charge in [0.2, 0.25) is 0 Å². The summed E-state index contributed by atoms with van der Waals surface area (Å²) in [7, 11) is 0. The van der Waals surface area contributed by atoms with Gasteiger partial charge in [-0.2, -0.15) is 0 Å². The highest BCUT2D eigenvalue weighted by atomic mass is 16.2. The first-order valence-electron chi connectivity index (χ1n) is 5.23. The Labute approximate surface area is 85.0 Å². The highest BCUT2D eigenvalue weighted by Gasteiger charge is 2.26. The third kappa shape index (κ3) is 2.85. The van der Waals surface area contributed by atoms with Gasteiger partial charge in [0.25, 0.3) is 0 Å². The molecule has 0 aromatic rings. The molecule has 1 aliphatic rings. The van der Waals surface area contributed by atoms with E-state index in [1.165, 1.54) is 0 Å². The van der Waals surface area contributed by atoms with E-state index in [0.29, 0.717) is 13.1 Å². The summed E-state index contributed by atoms with van der Waals surface area (Å²) < 4.78 is 0. The zero-order valence-electron chi connectivity index (χ0n) is 8.61. The van der Waals surface area contributed by atoms with Crippen LogP contribution in [-0.2, 0) is 0 Å². The van der Waals surface area contributed by atoms with Crippen LogP contribution in [-0.4, -0.2) is 55.1 Å². The molecule has 1 fully saturated rings. The molecule has 1 rings (SSSR count). The molecule has 0 spiro atoms. The van der Waals surface area contributed by atoms with Crippen molar-refractivity contribution < 1.29 is 4.79 Å². The first-order chi connectivity index (χ1) is 6.79. The van der Waals surface area contributed by atoms with E-state index in [0.717, 1.165) is 39.0 Å². The fourth-order valence-corrected chi connectivity index (χ4v) is 1.61. The molecule has 0 atom stereocenters. The minimum Gasteiger partial charge on any atom is -0.330 e. The molecule has 4 N–H and O–H groups in total. The molecular formula is C9H20N4O. The minimum atomic E-state index is 0.145. The third-order valence-corrected chi connectivity index (χ3v) is 2.45. The fraction of sp³-hybridized carbons (Fsp3) is 0.889. The van der Waals surface area contributed by atoms with Gasteiger partial charge in [0.15, 0.2) is 0 Å². The maximum atomic E-state index is 11.7. The molecule has 1 saturated heterocycles. The van der Waals surface area contributed by atoms with Crippen LogP contribution in [0.5, 0.6) is 0 Å². The lowest BCUT2D eigenvalue weighted by Crippen LogP contribution is -2.34. The van der Waals surface area contributed by atoms with Crippen molar-refractivity contribution in [1.29, 1.82) is 0 Å². The summed E-state index contributed by atoms with van der Waals surface area (Å²) in [6.07, 6.45) is 1.77. The molecule has 14 heavy (non-hydrogen) atoms. The number of hydrogen-bond acceptors (Lipinski definition) is 3. The van der Waals surface area contributed by atoms with Crippen LogP contribution in [0.15, 0.2) is 0 Å². The summed E-state index contributed by atoms with van der Waals surface area (Å²) in [6.45, 7) is 4.54. The molecule has 0 radical (unpaired) electrons. The van der Waals surface area contributed by atoms with Crippen LogP contribution in [0.3, 0.4) is 0 Å². The van der Waals surface area contributed by atoms with Gasteiger partial charge < -0.3 is 21.3 Å². The normalized spacial score (nSPS) is 16.9. The lowest BCUT2D eigenvalue weighted by molar-refractivity contribution is 0.191. The number of nitrogens with two attached hydrogens (primary N) is 2. The van der Waals surface area contributed by atoms with Crippen molar-refractivity contribution in [1.82, 2.24) is 9.80 Å². The van der Waals surface area contributed by atoms with Crippen LogP contribution >= 0.6 is 0 Å². The predicted molar refractivity (Wildman–Crippen MR) is 55.9 cm³/mol. The van der Waals surface area contributed by atoms with Crippen molar-refractivity contribution in [3.63, 3.8) is 0 Å². The fourth-order valence-electron chi connectivity index (χ4n) is 1.61. The SMILES string of the molecule is NCCCN1CCN(CCCN)C1=O. The molecule has 0 aromatic heterocycles. The van der Waals surface area contributed by atoms with Gasteiger partial charge in [-0.05, 0) is 25.9 Å². The standard InChI is InChI=1S/C9H20N4O/c10-3-1-5-12-7-8-13(9(12)14)6-2-4-11/h1-8,10-11H2. The lowest BCUT2D eigenvalue weighted by Gasteiger charge is -2.17. The number of nitrogens with zero attached hydrogens (tertiary/aromatic N) is 2. The molecular weight excluding hydrogens is 180 g/mol. The smallest absolute Gasteiger partial charge is 0.320 e. The lowest BCUT2D eigenvalue weighted by atomic mass is 10.4. The van der Waals surface area contributed by atoms with Crippen molar-refractivity contribution in [2.75, 3.05) is 39.3 Å². The van der Waals surface area contributed by atoms with Crippen LogP contribution < -0.4 is 11.5 Å². The van der Waals surface area contributed by atoms with Crippen molar-refractivity contribution in [2.24, 2.45) is 11.5 Å². The van der Waals surface area contributed by atoms with Crippen molar-refractivity contribution in [2.45, 2.75) is 12.8 Å². The Morgan fingerprint density at radius 3 is 1.79 bits per heavy atom. The van der Waals surface area contributed by atoms with E-state index in [2.05, 4.69) is 0 Å². The van der Waals surface area contributed by atoms with E-state index in [1.54, 1.807) is 0 Å². The highest BCUT2D eigenvalue weighted by molar-refractivity contribution is 5.76. The topological polar surface area (TPSA) is 75.6 Å². The quantitative estimate of drug-likeness (QED) is 0.602. The van der Waals surface area contributed by atoms with Gasteiger partial charge in [-0.15, -0.1) is 0 Å². The van der Waals surface area contributed by atoms with Gasteiger partial charge in [-0.25, -0.2) is 4.79 Å². The average molecular weight is 200 g/mol. The third-order valence-electron chi connectivity index (χ3n) is 2.45. The molecule has 0 saturated carbocycles. The van der Waals surface area contributed by atoms with Crippen molar-refractivity contribution in [3.8, 4) is 0 Å². The van der Waals surface area contributed by atoms with Crippen LogP contribution in [0.1, 0.15) is 12.8 Å². The molecule has 82 valence electrons. The van der Waals surface area contributed by atoms with Gasteiger partial charge in [-0.3, -0.25) is 0 Å². The summed E-state index contributed by atoms with van der Waals surface area (Å²) >= 11 is 0. The summed E-state index contributed by atoms with van der Waals surface area (Å²) in [5.74, 6) is 0. The van der Waals surface area contributed by atoms with E-state index in [1.807, 2.05) is 9.80 Å². The number of urea groups is 1. The van der Waals surface area contributed by atoms with E-state index >= 15 is 0 Å². The first kappa shape index (κ1) is 11.3. The Bertz CT molecular complexity index is 168. The average Bonchev–Trinajstić information content (AvgIpc) is 2.54. The van der Waals surface area contributed by atoms with Crippen LogP contribution in [0, 0.1) is 0 Å². The Hall–Kier alpha value is -0.810. The second kappa shape index (κ2) is 5.82. The number of hydrogen-bond donors (Lipinski definition) is 2. The monoisotopic (exact) mass is 200 g/mol. The van der Waals surface area contributed by atoms with E-state index in [-0.39, 0.29) is 6.03 Å². The van der Waals surface area contributed by atoms with Gasteiger partial charge in [0.1, 0.15) is 0 Å². The molecule has 0 unspecified atom stereocenters. The van der Waals surface area contributed by atoms with E-state index in [4.69, 9.17) is 11.5 Å². The second-order valence-corrected chi connectivity index (χ2v) is 3.54. The summed E-state index contributed by atoms with van der Waals surface area (Å²) in [5, 5.41) is 0. The molecule has 1 heterocycles. The van der Waals surface area contributed by atoms with Gasteiger partial charge >= 0.3 is 6.03 Å². The Morgan fingerprint density at radius 2 is 1.43 bits per heavy atom. The summed E-state index contributed by atoms with van der Waals surface area (Å²) in [5.41, 5.74) is 10.8. The molecule has 5 nitrogen and oxygen atoms in total. The molecule has 1 aliphatic heterocycles. The second-order valence-electron chi connectivity index (χ2n) is 3.54. The number of carbonyl (C=O) groups excluding carboxylic acids is 1. The van der Waals surface area contributed by atoms with Gasteiger partial charge in [0, 0.05) is 26.2 Å². The van der Waals surface area contributed by atoms with Crippen molar-refractivity contribution in [3.05, 3.63) is 0 Å². The summed E-state index contributed by atoms with van der Waals surface area (Å²) in [4.78, 5) is 15.4. The zero-order valence-corrected chi connectivity index (χ0v) is 8.61.